The van der Waals surface area contributed by atoms with E-state index in [1.807, 2.05) is 0 Å². The van der Waals surface area contributed by atoms with Crippen LogP contribution in [0.2, 0.25) is 5.02 Å². The molecule has 2 heterocycles. The Morgan fingerprint density at radius 2 is 1.70 bits per heavy atom. The first-order chi connectivity index (χ1) is 14.4. The van der Waals surface area contributed by atoms with Gasteiger partial charge in [0.1, 0.15) is 5.70 Å². The van der Waals surface area contributed by atoms with Crippen molar-refractivity contribution in [1.29, 1.82) is 0 Å². The van der Waals surface area contributed by atoms with Crippen LogP contribution in [0.15, 0.2) is 46.8 Å². The number of benzene rings is 1. The maximum atomic E-state index is 13.0. The molecule has 1 atom stereocenters. The van der Waals surface area contributed by atoms with Gasteiger partial charge in [0.25, 0.3) is 5.91 Å². The summed E-state index contributed by atoms with van der Waals surface area (Å²) in [5.74, 6) is -2.62. The average molecular weight is 453 g/mol. The zero-order valence-corrected chi connectivity index (χ0v) is 18.2. The Balaban J connectivity index is 2.32. The molecule has 7 nitrogen and oxygen atoms in total. The van der Waals surface area contributed by atoms with Gasteiger partial charge in [-0.05, 0) is 31.5 Å². The lowest BCUT2D eigenvalue weighted by Gasteiger charge is -2.41. The van der Waals surface area contributed by atoms with Crippen molar-refractivity contribution in [2.75, 3.05) is 32.2 Å². The molecule has 2 aliphatic heterocycles. The lowest BCUT2D eigenvalue weighted by Crippen LogP contribution is -2.50. The molecule has 1 N–H and O–H groups in total. The molecule has 0 saturated carbocycles. The molecular weight excluding hydrogens is 431 g/mol. The number of allylic oxidation sites excluding steroid dienone is 1. The maximum Gasteiger partial charge on any atom is 0.337 e. The highest BCUT2D eigenvalue weighted by molar-refractivity contribution is 6.30. The van der Waals surface area contributed by atoms with Gasteiger partial charge in [-0.2, -0.15) is 0 Å². The van der Waals surface area contributed by atoms with Gasteiger partial charge in [0.2, 0.25) is 0 Å². The summed E-state index contributed by atoms with van der Waals surface area (Å²) >= 11 is 12.3. The van der Waals surface area contributed by atoms with Crippen molar-refractivity contribution in [3.05, 3.63) is 57.4 Å². The van der Waals surface area contributed by atoms with Crippen LogP contribution in [0.3, 0.4) is 0 Å². The van der Waals surface area contributed by atoms with Crippen molar-refractivity contribution in [3.8, 4) is 0 Å². The van der Waals surface area contributed by atoms with E-state index < -0.39 is 23.8 Å². The number of halogens is 2. The molecule has 0 radical (unpaired) electrons. The van der Waals surface area contributed by atoms with E-state index in [0.717, 1.165) is 0 Å². The van der Waals surface area contributed by atoms with Gasteiger partial charge < -0.3 is 19.7 Å². The molecule has 30 heavy (non-hydrogen) atoms. The molecule has 1 amide bonds. The number of piperazine rings is 1. The Hall–Kier alpha value is -2.51. The lowest BCUT2D eigenvalue weighted by molar-refractivity contribution is -0.140. The molecule has 2 aliphatic rings. The van der Waals surface area contributed by atoms with Crippen molar-refractivity contribution in [1.82, 2.24) is 10.2 Å². The molecule has 9 heteroatoms. The second-order valence-electron chi connectivity index (χ2n) is 6.59. The van der Waals surface area contributed by atoms with E-state index in [9.17, 15) is 14.4 Å². The fourth-order valence-electron chi connectivity index (χ4n) is 3.73. The van der Waals surface area contributed by atoms with Crippen molar-refractivity contribution >= 4 is 41.0 Å². The fourth-order valence-corrected chi connectivity index (χ4v) is 4.14. The summed E-state index contributed by atoms with van der Waals surface area (Å²) in [5.41, 5.74) is 1.47. The van der Waals surface area contributed by atoms with E-state index in [-0.39, 0.29) is 35.9 Å². The normalized spacial score (nSPS) is 18.7. The van der Waals surface area contributed by atoms with Crippen LogP contribution in [0.25, 0.3) is 0 Å². The molecule has 1 unspecified atom stereocenters. The highest BCUT2D eigenvalue weighted by atomic mass is 35.5. The molecule has 0 spiro atoms. The van der Waals surface area contributed by atoms with E-state index in [1.165, 1.54) is 0 Å². The van der Waals surface area contributed by atoms with Crippen LogP contribution in [0.4, 0.5) is 0 Å². The standard InChI is InChI=1S/C21H22Cl2N2O5/c1-3-29-20(27)16-14(11-22)25-10-9-24-19(26)18(25)17(21(28)30-4-2)15(16)12-5-7-13(23)8-6-12/h5-8,15H,3-4,9-11H2,1-2H3,(H,24,26). The van der Waals surface area contributed by atoms with Gasteiger partial charge >= 0.3 is 11.9 Å². The number of fused-ring (bicyclic) bond motifs is 1. The topological polar surface area (TPSA) is 84.9 Å². The number of rotatable bonds is 6. The minimum Gasteiger partial charge on any atom is -0.463 e. The SMILES string of the molecule is CCOC(=O)C1=C(CCl)N2CCNC(=O)C2=C(C(=O)OCC)C1c1ccc(Cl)cc1. The number of hydrogen-bond donors (Lipinski definition) is 1. The highest BCUT2D eigenvalue weighted by Gasteiger charge is 2.45. The number of amides is 1. The Bertz CT molecular complexity index is 924. The van der Waals surface area contributed by atoms with E-state index >= 15 is 0 Å². The smallest absolute Gasteiger partial charge is 0.337 e. The van der Waals surface area contributed by atoms with E-state index in [0.29, 0.717) is 29.4 Å². The Kier molecular flexibility index (Phi) is 7.05. The predicted molar refractivity (Wildman–Crippen MR) is 112 cm³/mol. The summed E-state index contributed by atoms with van der Waals surface area (Å²) in [4.78, 5) is 40.5. The first kappa shape index (κ1) is 22.2. The summed E-state index contributed by atoms with van der Waals surface area (Å²) in [6, 6.07) is 6.71. The number of carbonyl (C=O) groups excluding carboxylic acids is 3. The van der Waals surface area contributed by atoms with Crippen LogP contribution < -0.4 is 5.32 Å². The van der Waals surface area contributed by atoms with Crippen LogP contribution >= 0.6 is 23.2 Å². The van der Waals surface area contributed by atoms with E-state index in [1.54, 1.807) is 43.0 Å². The second kappa shape index (κ2) is 9.53. The minimum absolute atomic E-state index is 0.0366. The lowest BCUT2D eigenvalue weighted by atomic mass is 9.79. The molecule has 0 bridgehead atoms. The Labute approximate surface area is 184 Å². The number of carbonyl (C=O) groups is 3. The van der Waals surface area contributed by atoms with Crippen molar-refractivity contribution in [3.63, 3.8) is 0 Å². The molecule has 0 aromatic heterocycles. The number of ether oxygens (including phenoxy) is 2. The third-order valence-electron chi connectivity index (χ3n) is 4.90. The van der Waals surface area contributed by atoms with Gasteiger partial charge in [-0.15, -0.1) is 11.6 Å². The largest absolute Gasteiger partial charge is 0.463 e. The van der Waals surface area contributed by atoms with Crippen LogP contribution in [0.5, 0.6) is 0 Å². The van der Waals surface area contributed by atoms with Crippen molar-refractivity contribution in [2.24, 2.45) is 0 Å². The summed E-state index contributed by atoms with van der Waals surface area (Å²) in [6.07, 6.45) is 0. The number of esters is 2. The number of alkyl halides is 1. The molecule has 160 valence electrons. The zero-order chi connectivity index (χ0) is 21.8. The number of nitrogens with zero attached hydrogens (tertiary/aromatic N) is 1. The van der Waals surface area contributed by atoms with Gasteiger partial charge in [-0.1, -0.05) is 23.7 Å². The van der Waals surface area contributed by atoms with Gasteiger partial charge in [0.05, 0.1) is 36.2 Å². The Morgan fingerprint density at radius 1 is 1.10 bits per heavy atom. The average Bonchev–Trinajstić information content (AvgIpc) is 2.73. The number of nitrogens with one attached hydrogen (secondary N) is 1. The third kappa shape index (κ3) is 4.04. The second-order valence-corrected chi connectivity index (χ2v) is 7.29. The summed E-state index contributed by atoms with van der Waals surface area (Å²) in [6.45, 7) is 4.35. The van der Waals surface area contributed by atoms with Crippen LogP contribution in [0, 0.1) is 0 Å². The summed E-state index contributed by atoms with van der Waals surface area (Å²) < 4.78 is 10.6. The van der Waals surface area contributed by atoms with Crippen LogP contribution in [0.1, 0.15) is 25.3 Å². The first-order valence-electron chi connectivity index (χ1n) is 9.63. The van der Waals surface area contributed by atoms with Gasteiger partial charge in [-0.25, -0.2) is 9.59 Å². The summed E-state index contributed by atoms with van der Waals surface area (Å²) in [7, 11) is 0. The van der Waals surface area contributed by atoms with Crippen LogP contribution in [-0.4, -0.2) is 54.9 Å². The molecular formula is C21H22Cl2N2O5. The third-order valence-corrected chi connectivity index (χ3v) is 5.40. The molecule has 0 aliphatic carbocycles. The highest BCUT2D eigenvalue weighted by Crippen LogP contribution is 2.44. The molecule has 1 fully saturated rings. The van der Waals surface area contributed by atoms with E-state index in [2.05, 4.69) is 5.32 Å². The Morgan fingerprint density at radius 3 is 2.27 bits per heavy atom. The maximum absolute atomic E-state index is 13.0. The van der Waals surface area contributed by atoms with Gasteiger partial charge in [0, 0.05) is 23.8 Å². The van der Waals surface area contributed by atoms with Gasteiger partial charge in [-0.3, -0.25) is 4.79 Å². The van der Waals surface area contributed by atoms with E-state index in [4.69, 9.17) is 32.7 Å². The van der Waals surface area contributed by atoms with Crippen molar-refractivity contribution < 1.29 is 23.9 Å². The first-order valence-corrected chi connectivity index (χ1v) is 10.5. The molecule has 3 rings (SSSR count). The van der Waals surface area contributed by atoms with Gasteiger partial charge in [0.15, 0.2) is 0 Å². The van der Waals surface area contributed by atoms with Crippen LogP contribution in [-0.2, 0) is 23.9 Å². The predicted octanol–water partition coefficient (Wildman–Crippen LogP) is 2.74. The number of hydrogen-bond acceptors (Lipinski definition) is 6. The zero-order valence-electron chi connectivity index (χ0n) is 16.7. The fraction of sp³-hybridized carbons (Fsp3) is 0.381. The minimum atomic E-state index is -0.885. The molecule has 1 saturated heterocycles. The molecule has 1 aromatic carbocycles. The molecule has 1 aromatic rings. The van der Waals surface area contributed by atoms with Crippen molar-refractivity contribution in [2.45, 2.75) is 19.8 Å². The summed E-state index contributed by atoms with van der Waals surface area (Å²) in [5, 5.41) is 3.25. The quantitative estimate of drug-likeness (QED) is 0.527. The monoisotopic (exact) mass is 452 g/mol.